The van der Waals surface area contributed by atoms with Crippen LogP contribution in [0.25, 0.3) is 5.70 Å². The van der Waals surface area contributed by atoms with Gasteiger partial charge in [-0.15, -0.1) is 0 Å². The Morgan fingerprint density at radius 1 is 1.09 bits per heavy atom. The van der Waals surface area contributed by atoms with E-state index < -0.39 is 17.9 Å². The summed E-state index contributed by atoms with van der Waals surface area (Å²) >= 11 is 6.11. The molecule has 2 aromatic rings. The third kappa shape index (κ3) is 7.39. The van der Waals surface area contributed by atoms with E-state index in [9.17, 15) is 18.0 Å². The van der Waals surface area contributed by atoms with Crippen LogP contribution in [0.4, 0.5) is 18.9 Å². The number of hydrogen-bond donors (Lipinski definition) is 2. The molecule has 32 heavy (non-hydrogen) atoms. The van der Waals surface area contributed by atoms with Gasteiger partial charge >= 0.3 is 12.1 Å². The molecule has 0 atom stereocenters. The van der Waals surface area contributed by atoms with Crippen molar-refractivity contribution in [2.45, 2.75) is 20.0 Å². The molecular formula is C23H25ClF3N3O2. The number of allylic oxidation sites excluding steroid dienone is 1. The molecule has 0 amide bonds. The molecule has 0 radical (unpaired) electrons. The molecular weight excluding hydrogens is 443 g/mol. The van der Waals surface area contributed by atoms with Crippen molar-refractivity contribution in [3.8, 4) is 0 Å². The van der Waals surface area contributed by atoms with Crippen molar-refractivity contribution in [2.75, 3.05) is 31.6 Å². The first kappa shape index (κ1) is 25.4. The molecule has 2 rings (SSSR count). The van der Waals surface area contributed by atoms with Crippen LogP contribution in [0.3, 0.4) is 0 Å². The number of para-hydroxylation sites is 1. The topological polar surface area (TPSA) is 65.4 Å². The van der Waals surface area contributed by atoms with Crippen LogP contribution in [0.1, 0.15) is 29.8 Å². The number of carbonyl (C=O) groups is 1. The molecule has 0 unspecified atom stereocenters. The van der Waals surface area contributed by atoms with Crippen LogP contribution in [0.2, 0.25) is 5.02 Å². The van der Waals surface area contributed by atoms with Gasteiger partial charge in [-0.25, -0.2) is 4.79 Å². The van der Waals surface area contributed by atoms with Gasteiger partial charge in [0, 0.05) is 12.2 Å². The van der Waals surface area contributed by atoms with E-state index in [0.29, 0.717) is 28.9 Å². The maximum atomic E-state index is 13.0. The highest BCUT2D eigenvalue weighted by atomic mass is 35.5. The summed E-state index contributed by atoms with van der Waals surface area (Å²) in [5.74, 6) is -0.517. The normalized spacial score (nSPS) is 12.0. The average molecular weight is 468 g/mol. The van der Waals surface area contributed by atoms with Crippen LogP contribution in [-0.4, -0.2) is 49.0 Å². The lowest BCUT2D eigenvalue weighted by molar-refractivity contribution is -0.0583. The fraction of sp³-hybridized carbons (Fsp3) is 0.304. The molecule has 0 saturated carbocycles. The third-order valence-corrected chi connectivity index (χ3v) is 5.03. The average Bonchev–Trinajstić information content (AvgIpc) is 2.77. The lowest BCUT2D eigenvalue weighted by Crippen LogP contribution is -2.27. The van der Waals surface area contributed by atoms with E-state index in [4.69, 9.17) is 21.7 Å². The van der Waals surface area contributed by atoms with E-state index >= 15 is 0 Å². The molecule has 0 aliphatic carbocycles. The molecule has 0 aliphatic heterocycles. The van der Waals surface area contributed by atoms with E-state index in [2.05, 4.69) is 10.2 Å². The zero-order valence-corrected chi connectivity index (χ0v) is 18.6. The van der Waals surface area contributed by atoms with E-state index in [1.807, 2.05) is 13.8 Å². The van der Waals surface area contributed by atoms with Crippen molar-refractivity contribution in [1.29, 1.82) is 5.41 Å². The highest BCUT2D eigenvalue weighted by Gasteiger charge is 2.33. The van der Waals surface area contributed by atoms with Gasteiger partial charge in [0.2, 0.25) is 0 Å². The van der Waals surface area contributed by atoms with Crippen molar-refractivity contribution in [2.24, 2.45) is 0 Å². The second-order valence-electron chi connectivity index (χ2n) is 6.81. The molecule has 0 aliphatic rings. The number of nitrogens with zero attached hydrogens (tertiary/aromatic N) is 1. The Labute approximate surface area is 190 Å². The van der Waals surface area contributed by atoms with Gasteiger partial charge in [-0.2, -0.15) is 13.2 Å². The number of alkyl halides is 3. The number of esters is 1. The number of halogens is 4. The van der Waals surface area contributed by atoms with Gasteiger partial charge in [0.05, 0.1) is 16.3 Å². The molecule has 5 nitrogen and oxygen atoms in total. The van der Waals surface area contributed by atoms with Crippen molar-refractivity contribution in [1.82, 2.24) is 4.90 Å². The van der Waals surface area contributed by atoms with Crippen LogP contribution < -0.4 is 5.32 Å². The Morgan fingerprint density at radius 2 is 1.69 bits per heavy atom. The highest BCUT2D eigenvalue weighted by Crippen LogP contribution is 2.27. The zero-order chi connectivity index (χ0) is 23.7. The van der Waals surface area contributed by atoms with E-state index in [-0.39, 0.29) is 17.9 Å². The van der Waals surface area contributed by atoms with Crippen LogP contribution in [0.5, 0.6) is 0 Å². The van der Waals surface area contributed by atoms with Crippen LogP contribution in [-0.2, 0) is 4.74 Å². The zero-order valence-electron chi connectivity index (χ0n) is 17.8. The molecule has 2 aromatic carbocycles. The monoisotopic (exact) mass is 467 g/mol. The molecule has 9 heteroatoms. The SMILES string of the molecule is CCN(CC)CCOC(=O)c1ccc(/C(=C/C(=N)C(F)(F)F)Nc2ccccc2Cl)cc1. The number of rotatable bonds is 10. The second-order valence-corrected chi connectivity index (χ2v) is 7.22. The number of likely N-dealkylation sites (N-methyl/N-ethyl adjacent to an activating group) is 1. The highest BCUT2D eigenvalue weighted by molar-refractivity contribution is 6.33. The first-order chi connectivity index (χ1) is 15.2. The molecule has 0 aromatic heterocycles. The summed E-state index contributed by atoms with van der Waals surface area (Å²) in [6.07, 6.45) is -4.12. The standard InChI is InChI=1S/C23H25ClF3N3O2/c1-3-30(4-2)13-14-32-22(31)17-11-9-16(10-12-17)20(15-21(28)23(25,26)27)29-19-8-6-5-7-18(19)24/h5-12,15,28-29H,3-4,13-14H2,1-2H3/b20-15-,28-21?. The number of nitrogens with one attached hydrogen (secondary N) is 2. The Balaban J connectivity index is 2.21. The summed E-state index contributed by atoms with van der Waals surface area (Å²) in [5.41, 5.74) is -0.501. The van der Waals surface area contributed by atoms with E-state index in [1.54, 1.807) is 24.3 Å². The minimum Gasteiger partial charge on any atom is -0.461 e. The van der Waals surface area contributed by atoms with Gasteiger partial charge in [0.15, 0.2) is 0 Å². The molecule has 2 N–H and O–H groups in total. The molecule has 0 fully saturated rings. The van der Waals surface area contributed by atoms with Gasteiger partial charge in [-0.1, -0.05) is 49.7 Å². The minimum atomic E-state index is -4.80. The maximum absolute atomic E-state index is 13.0. The van der Waals surface area contributed by atoms with Crippen LogP contribution in [0.15, 0.2) is 54.6 Å². The van der Waals surface area contributed by atoms with Crippen molar-refractivity contribution in [3.63, 3.8) is 0 Å². The Hall–Kier alpha value is -2.84. The summed E-state index contributed by atoms with van der Waals surface area (Å²) in [5, 5.41) is 10.5. The van der Waals surface area contributed by atoms with Crippen molar-refractivity contribution < 1.29 is 22.7 Å². The number of ether oxygens (including phenoxy) is 1. The summed E-state index contributed by atoms with van der Waals surface area (Å²) in [4.78, 5) is 14.4. The van der Waals surface area contributed by atoms with Crippen molar-refractivity contribution in [3.05, 3.63) is 70.8 Å². The van der Waals surface area contributed by atoms with Crippen LogP contribution in [0, 0.1) is 5.41 Å². The molecule has 0 heterocycles. The van der Waals surface area contributed by atoms with Crippen LogP contribution >= 0.6 is 11.6 Å². The lowest BCUT2D eigenvalue weighted by Gasteiger charge is -2.17. The number of carbonyl (C=O) groups excluding carboxylic acids is 1. The van der Waals surface area contributed by atoms with Gasteiger partial charge in [-0.05, 0) is 49.0 Å². The predicted molar refractivity (Wildman–Crippen MR) is 121 cm³/mol. The quantitative estimate of drug-likeness (QED) is 0.338. The smallest absolute Gasteiger partial charge is 0.432 e. The Kier molecular flexibility index (Phi) is 9.28. The van der Waals surface area contributed by atoms with Gasteiger partial charge in [0.25, 0.3) is 0 Å². The number of hydrogen-bond acceptors (Lipinski definition) is 5. The predicted octanol–water partition coefficient (Wildman–Crippen LogP) is 5.87. The number of benzene rings is 2. The van der Waals surface area contributed by atoms with Gasteiger partial charge < -0.3 is 15.0 Å². The summed E-state index contributed by atoms with van der Waals surface area (Å²) < 4.78 is 44.1. The molecule has 0 bridgehead atoms. The summed E-state index contributed by atoms with van der Waals surface area (Å²) in [7, 11) is 0. The Morgan fingerprint density at radius 3 is 2.25 bits per heavy atom. The lowest BCUT2D eigenvalue weighted by atomic mass is 10.1. The van der Waals surface area contributed by atoms with Gasteiger partial charge in [-0.3, -0.25) is 5.41 Å². The molecule has 0 spiro atoms. The first-order valence-corrected chi connectivity index (χ1v) is 10.4. The van der Waals surface area contributed by atoms with Crippen molar-refractivity contribution >= 4 is 34.7 Å². The molecule has 172 valence electrons. The fourth-order valence-electron chi connectivity index (χ4n) is 2.80. The van der Waals surface area contributed by atoms with Gasteiger partial charge in [0.1, 0.15) is 12.3 Å². The largest absolute Gasteiger partial charge is 0.461 e. The summed E-state index contributed by atoms with van der Waals surface area (Å²) in [6.45, 7) is 6.59. The Bertz CT molecular complexity index is 956. The summed E-state index contributed by atoms with van der Waals surface area (Å²) in [6, 6.07) is 12.5. The first-order valence-electron chi connectivity index (χ1n) is 10.0. The van der Waals surface area contributed by atoms with E-state index in [0.717, 1.165) is 13.1 Å². The maximum Gasteiger partial charge on any atom is 0.432 e. The second kappa shape index (κ2) is 11.7. The minimum absolute atomic E-state index is 0.0156. The fourth-order valence-corrected chi connectivity index (χ4v) is 2.98. The molecule has 0 saturated heterocycles. The third-order valence-electron chi connectivity index (χ3n) is 4.70. The number of anilines is 1. The van der Waals surface area contributed by atoms with E-state index in [1.165, 1.54) is 24.3 Å².